The van der Waals surface area contributed by atoms with Gasteiger partial charge in [-0.05, 0) is 38.5 Å². The number of anilines is 2. The van der Waals surface area contributed by atoms with E-state index in [0.29, 0.717) is 6.04 Å². The molecule has 0 amide bonds. The predicted molar refractivity (Wildman–Crippen MR) is 124 cm³/mol. The fourth-order valence-electron chi connectivity index (χ4n) is 4.95. The molecule has 162 valence electrons. The predicted octanol–water partition coefficient (Wildman–Crippen LogP) is 3.13. The van der Waals surface area contributed by atoms with Crippen molar-refractivity contribution >= 4 is 23.5 Å². The van der Waals surface area contributed by atoms with Crippen molar-refractivity contribution in [2.75, 3.05) is 61.5 Å². The topological polar surface area (TPSA) is 56.3 Å². The van der Waals surface area contributed by atoms with E-state index >= 15 is 0 Å². The first-order valence-corrected chi connectivity index (χ1v) is 13.1. The maximum absolute atomic E-state index is 5.06. The maximum Gasteiger partial charge on any atom is 0.224 e. The first-order valence-electron chi connectivity index (χ1n) is 11.7. The van der Waals surface area contributed by atoms with E-state index in [1.54, 1.807) is 0 Å². The zero-order valence-corrected chi connectivity index (χ0v) is 18.9. The summed E-state index contributed by atoms with van der Waals surface area (Å²) in [4.78, 5) is 15.2. The number of hydrogen-bond acceptors (Lipinski definition) is 7. The molecule has 2 fully saturated rings. The molecule has 1 atom stereocenters. The van der Waals surface area contributed by atoms with Crippen LogP contribution in [-0.2, 0) is 13.0 Å². The van der Waals surface area contributed by atoms with Crippen LogP contribution in [0.5, 0.6) is 0 Å². The van der Waals surface area contributed by atoms with Gasteiger partial charge in [-0.25, -0.2) is 4.98 Å². The van der Waals surface area contributed by atoms with Crippen LogP contribution in [0.25, 0.3) is 0 Å². The lowest BCUT2D eigenvalue weighted by Gasteiger charge is -2.36. The number of fused-ring (bicyclic) bond motifs is 1. The van der Waals surface area contributed by atoms with Crippen LogP contribution in [0.3, 0.4) is 0 Å². The maximum atomic E-state index is 5.06. The first kappa shape index (κ1) is 21.2. The van der Waals surface area contributed by atoms with E-state index < -0.39 is 0 Å². The van der Waals surface area contributed by atoms with Crippen molar-refractivity contribution in [3.05, 3.63) is 11.3 Å². The summed E-state index contributed by atoms with van der Waals surface area (Å²) in [5.74, 6) is 3.26. The van der Waals surface area contributed by atoms with Crippen LogP contribution >= 0.6 is 11.8 Å². The van der Waals surface area contributed by atoms with E-state index in [2.05, 4.69) is 26.7 Å². The Labute approximate surface area is 180 Å². The number of likely N-dealkylation sites (tertiary alicyclic amines) is 1. The average Bonchev–Trinajstić information content (AvgIpc) is 3.06. The van der Waals surface area contributed by atoms with Crippen molar-refractivity contribution < 1.29 is 0 Å². The van der Waals surface area contributed by atoms with E-state index in [1.165, 1.54) is 80.9 Å². The van der Waals surface area contributed by atoms with Gasteiger partial charge in [0.2, 0.25) is 5.95 Å². The van der Waals surface area contributed by atoms with Crippen molar-refractivity contribution in [3.8, 4) is 0 Å². The van der Waals surface area contributed by atoms with Crippen molar-refractivity contribution in [2.24, 2.45) is 0 Å². The third-order valence-corrected chi connectivity index (χ3v) is 7.24. The standard InChI is InChI=1S/C22H38N6S/c1-29-15-14-27-11-7-4-8-18(27)16-24-22-25-20-9-10-23-17-19(20)21(26-22)28-12-5-2-3-6-13-28/h18,23H,2-17H2,1H3,(H,24,25,26). The fourth-order valence-corrected chi connectivity index (χ4v) is 5.37. The molecule has 7 heteroatoms. The molecule has 1 aromatic rings. The molecule has 2 N–H and O–H groups in total. The van der Waals surface area contributed by atoms with Gasteiger partial charge in [-0.3, -0.25) is 4.90 Å². The van der Waals surface area contributed by atoms with Gasteiger partial charge < -0.3 is 15.5 Å². The normalized spacial score (nSPS) is 23.5. The van der Waals surface area contributed by atoms with Gasteiger partial charge in [0.15, 0.2) is 0 Å². The zero-order chi connectivity index (χ0) is 19.9. The Morgan fingerprint density at radius 1 is 1.07 bits per heavy atom. The first-order chi connectivity index (χ1) is 14.3. The molecule has 6 nitrogen and oxygen atoms in total. The van der Waals surface area contributed by atoms with Gasteiger partial charge in [-0.2, -0.15) is 16.7 Å². The molecular formula is C22H38N6S. The molecular weight excluding hydrogens is 380 g/mol. The Bertz CT molecular complexity index is 646. The van der Waals surface area contributed by atoms with Crippen molar-refractivity contribution in [1.29, 1.82) is 0 Å². The van der Waals surface area contributed by atoms with E-state index in [-0.39, 0.29) is 0 Å². The van der Waals surface area contributed by atoms with E-state index in [1.807, 2.05) is 11.8 Å². The highest BCUT2D eigenvalue weighted by Crippen LogP contribution is 2.27. The highest BCUT2D eigenvalue weighted by atomic mass is 32.2. The molecule has 0 bridgehead atoms. The Morgan fingerprint density at radius 2 is 1.90 bits per heavy atom. The van der Waals surface area contributed by atoms with Crippen molar-refractivity contribution in [2.45, 2.75) is 64.0 Å². The molecule has 29 heavy (non-hydrogen) atoms. The number of aromatic nitrogens is 2. The minimum atomic E-state index is 0.610. The number of hydrogen-bond donors (Lipinski definition) is 2. The molecule has 1 unspecified atom stereocenters. The SMILES string of the molecule is CSCCN1CCCCC1CNc1nc2c(c(N3CCCCCC3)n1)CNCC2. The van der Waals surface area contributed by atoms with E-state index in [4.69, 9.17) is 9.97 Å². The summed E-state index contributed by atoms with van der Waals surface area (Å²) in [6.45, 7) is 7.60. The third-order valence-electron chi connectivity index (χ3n) is 6.64. The van der Waals surface area contributed by atoms with Crippen LogP contribution < -0.4 is 15.5 Å². The summed E-state index contributed by atoms with van der Waals surface area (Å²) in [5, 5.41) is 7.18. The monoisotopic (exact) mass is 418 g/mol. The summed E-state index contributed by atoms with van der Waals surface area (Å²) in [6, 6.07) is 0.610. The van der Waals surface area contributed by atoms with Gasteiger partial charge >= 0.3 is 0 Å². The van der Waals surface area contributed by atoms with Gasteiger partial charge in [0.05, 0.1) is 5.69 Å². The number of rotatable bonds is 7. The molecule has 4 rings (SSSR count). The van der Waals surface area contributed by atoms with Crippen LogP contribution in [-0.4, -0.2) is 72.2 Å². The van der Waals surface area contributed by atoms with E-state index in [9.17, 15) is 0 Å². The molecule has 0 radical (unpaired) electrons. The smallest absolute Gasteiger partial charge is 0.224 e. The molecule has 3 aliphatic heterocycles. The fraction of sp³-hybridized carbons (Fsp3) is 0.818. The zero-order valence-electron chi connectivity index (χ0n) is 18.1. The molecule has 0 spiro atoms. The number of thioether (sulfide) groups is 1. The summed E-state index contributed by atoms with van der Waals surface area (Å²) < 4.78 is 0. The Hall–Kier alpha value is -1.05. The van der Waals surface area contributed by atoms with Gasteiger partial charge in [-0.15, -0.1) is 0 Å². The van der Waals surface area contributed by atoms with Crippen LogP contribution in [0.2, 0.25) is 0 Å². The third kappa shape index (κ3) is 5.56. The lowest BCUT2D eigenvalue weighted by atomic mass is 10.0. The summed E-state index contributed by atoms with van der Waals surface area (Å²) in [7, 11) is 0. The second kappa shape index (κ2) is 10.8. The molecule has 0 saturated carbocycles. The van der Waals surface area contributed by atoms with Gasteiger partial charge in [0, 0.05) is 63.0 Å². The second-order valence-electron chi connectivity index (χ2n) is 8.68. The number of nitrogens with one attached hydrogen (secondary N) is 2. The minimum absolute atomic E-state index is 0.610. The second-order valence-corrected chi connectivity index (χ2v) is 9.67. The van der Waals surface area contributed by atoms with Crippen molar-refractivity contribution in [3.63, 3.8) is 0 Å². The lowest BCUT2D eigenvalue weighted by molar-refractivity contribution is 0.166. The largest absolute Gasteiger partial charge is 0.356 e. The van der Waals surface area contributed by atoms with Crippen molar-refractivity contribution in [1.82, 2.24) is 20.2 Å². The molecule has 2 saturated heterocycles. The quantitative estimate of drug-likeness (QED) is 0.705. The van der Waals surface area contributed by atoms with Crippen LogP contribution in [0.1, 0.15) is 56.2 Å². The van der Waals surface area contributed by atoms with Gasteiger partial charge in [-0.1, -0.05) is 19.3 Å². The number of piperidine rings is 1. The molecule has 3 aliphatic rings. The summed E-state index contributed by atoms with van der Waals surface area (Å²) in [6.07, 6.45) is 12.4. The summed E-state index contributed by atoms with van der Waals surface area (Å²) in [5.41, 5.74) is 2.59. The Morgan fingerprint density at radius 3 is 2.72 bits per heavy atom. The molecule has 4 heterocycles. The van der Waals surface area contributed by atoms with E-state index in [0.717, 1.165) is 45.1 Å². The summed E-state index contributed by atoms with van der Waals surface area (Å²) >= 11 is 1.95. The van der Waals surface area contributed by atoms with Gasteiger partial charge in [0.25, 0.3) is 0 Å². The lowest BCUT2D eigenvalue weighted by Crippen LogP contribution is -2.44. The molecule has 1 aromatic heterocycles. The Kier molecular flexibility index (Phi) is 7.91. The highest BCUT2D eigenvalue weighted by molar-refractivity contribution is 7.98. The number of nitrogens with zero attached hydrogens (tertiary/aromatic N) is 4. The average molecular weight is 419 g/mol. The van der Waals surface area contributed by atoms with Crippen LogP contribution in [0.15, 0.2) is 0 Å². The molecule has 0 aromatic carbocycles. The highest BCUT2D eigenvalue weighted by Gasteiger charge is 2.24. The van der Waals surface area contributed by atoms with Crippen LogP contribution in [0, 0.1) is 0 Å². The van der Waals surface area contributed by atoms with Crippen LogP contribution in [0.4, 0.5) is 11.8 Å². The minimum Gasteiger partial charge on any atom is -0.356 e. The molecule has 0 aliphatic carbocycles. The Balaban J connectivity index is 1.48. The van der Waals surface area contributed by atoms with Gasteiger partial charge in [0.1, 0.15) is 5.82 Å².